The highest BCUT2D eigenvalue weighted by Crippen LogP contribution is 2.26. The fourth-order valence-electron chi connectivity index (χ4n) is 3.48. The molecule has 5 nitrogen and oxygen atoms in total. The number of aromatic nitrogens is 1. The zero-order valence-electron chi connectivity index (χ0n) is 14.9. The Balaban J connectivity index is 1.45. The third-order valence-electron chi connectivity index (χ3n) is 4.90. The first-order valence-electron chi connectivity index (χ1n) is 9.26. The summed E-state index contributed by atoms with van der Waals surface area (Å²) < 4.78 is 0. The van der Waals surface area contributed by atoms with E-state index in [1.165, 1.54) is 5.56 Å². The SMILES string of the molecule is O=C(N[C@@H]1CCC[C@@H]1C(=O)NCCCc1ccccc1)c1ccncc1. The summed E-state index contributed by atoms with van der Waals surface area (Å²) in [4.78, 5) is 28.8. The van der Waals surface area contributed by atoms with Crippen LogP contribution in [0.4, 0.5) is 0 Å². The van der Waals surface area contributed by atoms with E-state index in [2.05, 4.69) is 27.8 Å². The smallest absolute Gasteiger partial charge is 0.251 e. The van der Waals surface area contributed by atoms with Crippen LogP contribution in [-0.4, -0.2) is 29.4 Å². The van der Waals surface area contributed by atoms with Gasteiger partial charge in [-0.1, -0.05) is 36.8 Å². The maximum absolute atomic E-state index is 12.5. The highest BCUT2D eigenvalue weighted by atomic mass is 16.2. The molecule has 3 rings (SSSR count). The molecule has 1 saturated carbocycles. The Bertz CT molecular complexity index is 719. The van der Waals surface area contributed by atoms with E-state index in [4.69, 9.17) is 0 Å². The molecule has 0 unspecified atom stereocenters. The Morgan fingerprint density at radius 2 is 1.81 bits per heavy atom. The Hall–Kier alpha value is -2.69. The van der Waals surface area contributed by atoms with Crippen LogP contribution in [-0.2, 0) is 11.2 Å². The van der Waals surface area contributed by atoms with Crippen molar-refractivity contribution < 1.29 is 9.59 Å². The van der Waals surface area contributed by atoms with Gasteiger partial charge in [-0.05, 0) is 43.4 Å². The predicted octanol–water partition coefficient (Wildman–Crippen LogP) is 2.73. The fourth-order valence-corrected chi connectivity index (χ4v) is 3.48. The van der Waals surface area contributed by atoms with Crippen molar-refractivity contribution in [3.8, 4) is 0 Å². The summed E-state index contributed by atoms with van der Waals surface area (Å²) >= 11 is 0. The molecule has 1 aliphatic rings. The largest absolute Gasteiger partial charge is 0.356 e. The lowest BCUT2D eigenvalue weighted by molar-refractivity contribution is -0.125. The molecule has 1 aromatic heterocycles. The number of benzene rings is 1. The third kappa shape index (κ3) is 4.91. The molecule has 0 radical (unpaired) electrons. The molecule has 136 valence electrons. The van der Waals surface area contributed by atoms with Crippen LogP contribution in [0.3, 0.4) is 0 Å². The quantitative estimate of drug-likeness (QED) is 0.754. The van der Waals surface area contributed by atoms with Crippen molar-refractivity contribution >= 4 is 11.8 Å². The second-order valence-electron chi connectivity index (χ2n) is 6.73. The van der Waals surface area contributed by atoms with Gasteiger partial charge in [0.1, 0.15) is 0 Å². The standard InChI is InChI=1S/C21H25N3O2/c25-20(17-11-14-22-15-12-17)24-19-10-4-9-18(19)21(26)23-13-5-8-16-6-2-1-3-7-16/h1-3,6-7,11-12,14-15,18-19H,4-5,8-10,13H2,(H,23,26)(H,24,25)/t18-,19+/m0/s1. The molecule has 2 aromatic rings. The number of rotatable bonds is 7. The van der Waals surface area contributed by atoms with E-state index in [9.17, 15) is 9.59 Å². The van der Waals surface area contributed by atoms with E-state index in [-0.39, 0.29) is 23.8 Å². The van der Waals surface area contributed by atoms with Gasteiger partial charge >= 0.3 is 0 Å². The third-order valence-corrected chi connectivity index (χ3v) is 4.90. The second-order valence-corrected chi connectivity index (χ2v) is 6.73. The van der Waals surface area contributed by atoms with Crippen LogP contribution in [0.2, 0.25) is 0 Å². The summed E-state index contributed by atoms with van der Waals surface area (Å²) in [5.41, 5.74) is 1.86. The van der Waals surface area contributed by atoms with Gasteiger partial charge in [-0.3, -0.25) is 14.6 Å². The summed E-state index contributed by atoms with van der Waals surface area (Å²) in [7, 11) is 0. The molecule has 0 aliphatic heterocycles. The van der Waals surface area contributed by atoms with Crippen LogP contribution in [0.1, 0.15) is 41.6 Å². The molecular formula is C21H25N3O2. The normalized spacial score (nSPS) is 19.1. The molecule has 2 N–H and O–H groups in total. The first-order chi connectivity index (χ1) is 12.7. The fraction of sp³-hybridized carbons (Fsp3) is 0.381. The van der Waals surface area contributed by atoms with Crippen molar-refractivity contribution in [3.63, 3.8) is 0 Å². The number of carbonyl (C=O) groups excluding carboxylic acids is 2. The highest BCUT2D eigenvalue weighted by Gasteiger charge is 2.33. The highest BCUT2D eigenvalue weighted by molar-refractivity contribution is 5.94. The van der Waals surface area contributed by atoms with Gasteiger partial charge in [-0.2, -0.15) is 0 Å². The van der Waals surface area contributed by atoms with Crippen molar-refractivity contribution in [1.82, 2.24) is 15.6 Å². The summed E-state index contributed by atoms with van der Waals surface area (Å²) in [5, 5.41) is 6.05. The van der Waals surface area contributed by atoms with E-state index >= 15 is 0 Å². The molecule has 26 heavy (non-hydrogen) atoms. The number of hydrogen-bond donors (Lipinski definition) is 2. The molecule has 5 heteroatoms. The van der Waals surface area contributed by atoms with Crippen LogP contribution in [0.5, 0.6) is 0 Å². The molecule has 1 heterocycles. The van der Waals surface area contributed by atoms with Crippen molar-refractivity contribution in [2.75, 3.05) is 6.54 Å². The van der Waals surface area contributed by atoms with Gasteiger partial charge in [-0.25, -0.2) is 0 Å². The number of carbonyl (C=O) groups is 2. The number of nitrogens with zero attached hydrogens (tertiary/aromatic N) is 1. The second kappa shape index (κ2) is 9.13. The molecular weight excluding hydrogens is 326 g/mol. The minimum atomic E-state index is -0.141. The lowest BCUT2D eigenvalue weighted by Gasteiger charge is -2.20. The molecule has 2 amide bonds. The van der Waals surface area contributed by atoms with Gasteiger partial charge < -0.3 is 10.6 Å². The van der Waals surface area contributed by atoms with E-state index in [1.807, 2.05) is 18.2 Å². The lowest BCUT2D eigenvalue weighted by Crippen LogP contribution is -2.44. The number of pyridine rings is 1. The van der Waals surface area contributed by atoms with E-state index < -0.39 is 0 Å². The molecule has 1 aromatic carbocycles. The molecule has 1 fully saturated rings. The van der Waals surface area contributed by atoms with Crippen LogP contribution < -0.4 is 10.6 Å². The Kier molecular flexibility index (Phi) is 6.36. The van der Waals surface area contributed by atoms with E-state index in [0.717, 1.165) is 32.1 Å². The van der Waals surface area contributed by atoms with E-state index in [1.54, 1.807) is 24.5 Å². The number of nitrogens with one attached hydrogen (secondary N) is 2. The summed E-state index contributed by atoms with van der Waals surface area (Å²) in [6, 6.07) is 13.5. The van der Waals surface area contributed by atoms with E-state index in [0.29, 0.717) is 12.1 Å². The summed E-state index contributed by atoms with van der Waals surface area (Å²) in [6.07, 6.45) is 7.69. The Morgan fingerprint density at radius 3 is 2.58 bits per heavy atom. The average molecular weight is 351 g/mol. The van der Waals surface area contributed by atoms with Crippen molar-refractivity contribution in [2.24, 2.45) is 5.92 Å². The van der Waals surface area contributed by atoms with Gasteiger partial charge in [-0.15, -0.1) is 0 Å². The van der Waals surface area contributed by atoms with Gasteiger partial charge in [0.05, 0.1) is 5.92 Å². The summed E-state index contributed by atoms with van der Waals surface area (Å²) in [6.45, 7) is 0.662. The average Bonchev–Trinajstić information content (AvgIpc) is 3.15. The molecule has 2 atom stereocenters. The summed E-state index contributed by atoms with van der Waals surface area (Å²) in [5.74, 6) is -0.228. The maximum Gasteiger partial charge on any atom is 0.251 e. The topological polar surface area (TPSA) is 71.1 Å². The lowest BCUT2D eigenvalue weighted by atomic mass is 10.0. The molecule has 1 aliphatic carbocycles. The van der Waals surface area contributed by atoms with Crippen LogP contribution >= 0.6 is 0 Å². The Morgan fingerprint density at radius 1 is 1.04 bits per heavy atom. The molecule has 0 spiro atoms. The number of hydrogen-bond acceptors (Lipinski definition) is 3. The Labute approximate surface area is 154 Å². The zero-order valence-corrected chi connectivity index (χ0v) is 14.9. The minimum absolute atomic E-state index is 0.0515. The zero-order chi connectivity index (χ0) is 18.2. The van der Waals surface area contributed by atoms with Crippen LogP contribution in [0.15, 0.2) is 54.9 Å². The van der Waals surface area contributed by atoms with Crippen molar-refractivity contribution in [2.45, 2.75) is 38.1 Å². The van der Waals surface area contributed by atoms with Crippen LogP contribution in [0, 0.1) is 5.92 Å². The van der Waals surface area contributed by atoms with Crippen molar-refractivity contribution in [1.29, 1.82) is 0 Å². The van der Waals surface area contributed by atoms with Gasteiger partial charge in [0.15, 0.2) is 0 Å². The number of aryl methyl sites for hydroxylation is 1. The maximum atomic E-state index is 12.5. The monoisotopic (exact) mass is 351 g/mol. The minimum Gasteiger partial charge on any atom is -0.356 e. The van der Waals surface area contributed by atoms with Crippen molar-refractivity contribution in [3.05, 3.63) is 66.0 Å². The first kappa shape index (κ1) is 18.1. The van der Waals surface area contributed by atoms with Gasteiger partial charge in [0, 0.05) is 30.5 Å². The molecule has 0 bridgehead atoms. The van der Waals surface area contributed by atoms with Gasteiger partial charge in [0.2, 0.25) is 5.91 Å². The predicted molar refractivity (Wildman–Crippen MR) is 101 cm³/mol. The van der Waals surface area contributed by atoms with Gasteiger partial charge in [0.25, 0.3) is 5.91 Å². The molecule has 0 saturated heterocycles. The van der Waals surface area contributed by atoms with Crippen LogP contribution in [0.25, 0.3) is 0 Å². The number of amides is 2. The first-order valence-corrected chi connectivity index (χ1v) is 9.26.